The number of quaternary nitrogens is 1. The highest BCUT2D eigenvalue weighted by atomic mass is 31.2. The lowest BCUT2D eigenvalue weighted by atomic mass is 9.98. The monoisotopic (exact) mass is 703 g/mol. The molecular formula is C36H70N3O8P. The standard InChI is InChI=1S/C36H70N3O8P/c1-6-8-10-12-14-15-16-17-18-20-22-25-34(40)44-31-33(32-46-48(42,43)45-30-29-39(3,4)5)47-35(41)26-24-28-36(37-38-36)27-23-21-19-13-11-9-7-2/h33H,6-32H2,1-5H3/t33-/m1/s1. The summed E-state index contributed by atoms with van der Waals surface area (Å²) >= 11 is 0. The first-order valence-corrected chi connectivity index (χ1v) is 20.6. The SMILES string of the molecule is CCCCCCCCCCCCCC(=O)OC[C@H](COP(=O)([O-])OCC[N+](C)(C)C)OC(=O)CCCC1(CCCCCCCCC)N=N1. The van der Waals surface area contributed by atoms with Crippen LogP contribution in [0.3, 0.4) is 0 Å². The van der Waals surface area contributed by atoms with Gasteiger partial charge >= 0.3 is 11.9 Å². The second-order valence-corrected chi connectivity index (χ2v) is 16.0. The first kappa shape index (κ1) is 44.6. The van der Waals surface area contributed by atoms with Gasteiger partial charge in [-0.3, -0.25) is 14.2 Å². The number of phosphoric acid groups is 1. The van der Waals surface area contributed by atoms with Crippen LogP contribution in [0.15, 0.2) is 10.2 Å². The number of unbranched alkanes of at least 4 members (excludes halogenated alkanes) is 16. The summed E-state index contributed by atoms with van der Waals surface area (Å²) in [5.41, 5.74) is -0.367. The summed E-state index contributed by atoms with van der Waals surface area (Å²) in [5, 5.41) is 8.52. The Kier molecular flexibility index (Phi) is 24.6. The van der Waals surface area contributed by atoms with Gasteiger partial charge in [-0.1, -0.05) is 117 Å². The average molecular weight is 704 g/mol. The van der Waals surface area contributed by atoms with Crippen LogP contribution in [0.25, 0.3) is 0 Å². The van der Waals surface area contributed by atoms with Gasteiger partial charge in [0.2, 0.25) is 0 Å². The average Bonchev–Trinajstić information content (AvgIpc) is 3.79. The lowest BCUT2D eigenvalue weighted by molar-refractivity contribution is -0.870. The van der Waals surface area contributed by atoms with Gasteiger partial charge < -0.3 is 27.9 Å². The molecule has 0 aromatic carbocycles. The van der Waals surface area contributed by atoms with Crippen LogP contribution in [0.2, 0.25) is 0 Å². The minimum Gasteiger partial charge on any atom is -0.756 e. The van der Waals surface area contributed by atoms with Gasteiger partial charge in [-0.2, -0.15) is 10.2 Å². The molecule has 11 nitrogen and oxygen atoms in total. The minimum absolute atomic E-state index is 0.0423. The normalized spacial score (nSPS) is 15.6. The van der Waals surface area contributed by atoms with E-state index in [0.717, 1.165) is 32.1 Å². The molecule has 1 rings (SSSR count). The van der Waals surface area contributed by atoms with Gasteiger partial charge in [0.25, 0.3) is 7.82 Å². The summed E-state index contributed by atoms with van der Waals surface area (Å²) in [6, 6.07) is 0. The second kappa shape index (κ2) is 26.4. The van der Waals surface area contributed by atoms with Gasteiger partial charge in [-0.05, 0) is 32.1 Å². The molecule has 1 heterocycles. The zero-order chi connectivity index (χ0) is 35.6. The van der Waals surface area contributed by atoms with Crippen LogP contribution in [-0.2, 0) is 32.7 Å². The largest absolute Gasteiger partial charge is 0.756 e. The summed E-state index contributed by atoms with van der Waals surface area (Å²) in [4.78, 5) is 37.5. The summed E-state index contributed by atoms with van der Waals surface area (Å²) in [7, 11) is 1.12. The third-order valence-electron chi connectivity index (χ3n) is 8.66. The van der Waals surface area contributed by atoms with E-state index in [9.17, 15) is 19.0 Å². The molecule has 1 unspecified atom stereocenters. The molecular weight excluding hydrogens is 633 g/mol. The van der Waals surface area contributed by atoms with Crippen molar-refractivity contribution in [2.45, 2.75) is 173 Å². The molecule has 0 radical (unpaired) electrons. The van der Waals surface area contributed by atoms with E-state index in [4.69, 9.17) is 18.5 Å². The van der Waals surface area contributed by atoms with Crippen molar-refractivity contribution < 1.29 is 42.1 Å². The van der Waals surface area contributed by atoms with Gasteiger partial charge in [0.1, 0.15) is 19.8 Å². The smallest absolute Gasteiger partial charge is 0.306 e. The number of ether oxygens (including phenoxy) is 2. The fourth-order valence-electron chi connectivity index (χ4n) is 5.47. The topological polar surface area (TPSA) is 136 Å². The fraction of sp³-hybridized carbons (Fsp3) is 0.944. The number of carbonyl (C=O) groups is 2. The maximum absolute atomic E-state index is 12.7. The maximum atomic E-state index is 12.7. The molecule has 12 heteroatoms. The predicted molar refractivity (Wildman–Crippen MR) is 188 cm³/mol. The van der Waals surface area contributed by atoms with Crippen molar-refractivity contribution in [3.8, 4) is 0 Å². The zero-order valence-electron chi connectivity index (χ0n) is 31.2. The van der Waals surface area contributed by atoms with E-state index in [0.29, 0.717) is 23.9 Å². The number of carbonyl (C=O) groups excluding carboxylic acids is 2. The molecule has 0 N–H and O–H groups in total. The van der Waals surface area contributed by atoms with E-state index in [-0.39, 0.29) is 31.7 Å². The van der Waals surface area contributed by atoms with Gasteiger partial charge in [0, 0.05) is 12.8 Å². The summed E-state index contributed by atoms with van der Waals surface area (Å²) < 4.78 is 33.8. The lowest BCUT2D eigenvalue weighted by Gasteiger charge is -2.28. The highest BCUT2D eigenvalue weighted by molar-refractivity contribution is 7.45. The second-order valence-electron chi connectivity index (χ2n) is 14.6. The first-order chi connectivity index (χ1) is 22.9. The number of hydrogen-bond acceptors (Lipinski definition) is 10. The van der Waals surface area contributed by atoms with Crippen molar-refractivity contribution in [1.29, 1.82) is 0 Å². The fourth-order valence-corrected chi connectivity index (χ4v) is 6.20. The van der Waals surface area contributed by atoms with Gasteiger partial charge in [-0.15, -0.1) is 0 Å². The molecule has 1 aliphatic heterocycles. The van der Waals surface area contributed by atoms with Crippen LogP contribution in [0.5, 0.6) is 0 Å². The summed E-state index contributed by atoms with van der Waals surface area (Å²) in [5.74, 6) is -0.913. The molecule has 0 saturated carbocycles. The van der Waals surface area contributed by atoms with E-state index in [1.54, 1.807) is 0 Å². The number of rotatable bonds is 34. The number of esters is 2. The molecule has 0 aliphatic carbocycles. The third-order valence-corrected chi connectivity index (χ3v) is 9.63. The molecule has 282 valence electrons. The Morgan fingerprint density at radius 2 is 1.15 bits per heavy atom. The number of nitrogens with zero attached hydrogens (tertiary/aromatic N) is 3. The van der Waals surface area contributed by atoms with Crippen molar-refractivity contribution in [2.75, 3.05) is 47.5 Å². The maximum Gasteiger partial charge on any atom is 0.306 e. The minimum atomic E-state index is -4.64. The highest BCUT2D eigenvalue weighted by Crippen LogP contribution is 2.39. The van der Waals surface area contributed by atoms with Crippen LogP contribution in [0.4, 0.5) is 0 Å². The van der Waals surface area contributed by atoms with E-state index >= 15 is 0 Å². The summed E-state index contributed by atoms with van der Waals surface area (Å²) in [6.07, 6.45) is 23.0. The zero-order valence-corrected chi connectivity index (χ0v) is 32.1. The van der Waals surface area contributed by atoms with Gasteiger partial charge in [-0.25, -0.2) is 0 Å². The van der Waals surface area contributed by atoms with Crippen molar-refractivity contribution in [3.05, 3.63) is 0 Å². The molecule has 1 aliphatic rings. The van der Waals surface area contributed by atoms with Crippen molar-refractivity contribution in [3.63, 3.8) is 0 Å². The number of phosphoric ester groups is 1. The Bertz CT molecular complexity index is 921. The van der Waals surface area contributed by atoms with Gasteiger partial charge in [0.15, 0.2) is 11.8 Å². The Hall–Kier alpha value is -1.39. The quantitative estimate of drug-likeness (QED) is 0.0281. The Morgan fingerprint density at radius 1 is 0.667 bits per heavy atom. The lowest BCUT2D eigenvalue weighted by Crippen LogP contribution is -2.37. The third kappa shape index (κ3) is 26.5. The van der Waals surface area contributed by atoms with Gasteiger partial charge in [0.05, 0.1) is 27.7 Å². The molecule has 0 fully saturated rings. The van der Waals surface area contributed by atoms with E-state index in [1.165, 1.54) is 89.9 Å². The van der Waals surface area contributed by atoms with Crippen molar-refractivity contribution in [1.82, 2.24) is 0 Å². The van der Waals surface area contributed by atoms with Crippen LogP contribution < -0.4 is 4.89 Å². The van der Waals surface area contributed by atoms with Crippen LogP contribution in [0.1, 0.15) is 162 Å². The Morgan fingerprint density at radius 3 is 1.67 bits per heavy atom. The molecule has 0 aromatic rings. The van der Waals surface area contributed by atoms with E-state index < -0.39 is 32.5 Å². The Balaban J connectivity index is 2.42. The number of hydrogen-bond donors (Lipinski definition) is 0. The van der Waals surface area contributed by atoms with Crippen molar-refractivity contribution >= 4 is 19.8 Å². The molecule has 0 amide bonds. The van der Waals surface area contributed by atoms with E-state index in [1.807, 2.05) is 21.1 Å². The van der Waals surface area contributed by atoms with Crippen molar-refractivity contribution in [2.24, 2.45) is 10.2 Å². The van der Waals surface area contributed by atoms with Crippen LogP contribution in [0, 0.1) is 0 Å². The molecule has 0 spiro atoms. The molecule has 0 bridgehead atoms. The molecule has 0 aromatic heterocycles. The van der Waals surface area contributed by atoms with Crippen LogP contribution >= 0.6 is 7.82 Å². The molecule has 2 atom stereocenters. The Labute approximate surface area is 292 Å². The molecule has 48 heavy (non-hydrogen) atoms. The predicted octanol–water partition coefficient (Wildman–Crippen LogP) is 8.82. The first-order valence-electron chi connectivity index (χ1n) is 19.1. The molecule has 0 saturated heterocycles. The highest BCUT2D eigenvalue weighted by Gasteiger charge is 2.38. The summed E-state index contributed by atoms with van der Waals surface area (Å²) in [6.45, 7) is 4.09. The number of likely N-dealkylation sites (N-methyl/N-ethyl adjacent to an activating group) is 1. The van der Waals surface area contributed by atoms with E-state index in [2.05, 4.69) is 24.1 Å². The van der Waals surface area contributed by atoms with Crippen LogP contribution in [-0.4, -0.2) is 75.7 Å².